The molecule has 130 valence electrons. The van der Waals surface area contributed by atoms with Gasteiger partial charge in [-0.15, -0.1) is 0 Å². The Balaban J connectivity index is 1.55. The van der Waals surface area contributed by atoms with Crippen molar-refractivity contribution in [2.24, 2.45) is 5.92 Å². The Bertz CT molecular complexity index is 491. The highest BCUT2D eigenvalue weighted by Gasteiger charge is 2.31. The van der Waals surface area contributed by atoms with Crippen LogP contribution in [0.3, 0.4) is 0 Å². The normalized spacial score (nSPS) is 26.6. The highest BCUT2D eigenvalue weighted by molar-refractivity contribution is 4.92. The number of aromatic nitrogens is 2. The molecule has 3 rings (SSSR count). The molecule has 3 heterocycles. The van der Waals surface area contributed by atoms with Gasteiger partial charge in [-0.1, -0.05) is 19.0 Å². The molecule has 2 aliphatic heterocycles. The topological polar surface area (TPSA) is 65.6 Å². The number of hydrogen-bond acceptors (Lipinski definition) is 6. The molecule has 2 unspecified atom stereocenters. The molecule has 0 radical (unpaired) electrons. The van der Waals surface area contributed by atoms with Gasteiger partial charge in [0.15, 0.2) is 5.82 Å². The first-order valence-electron chi connectivity index (χ1n) is 9.06. The maximum atomic E-state index is 9.50. The zero-order valence-corrected chi connectivity index (χ0v) is 14.4. The van der Waals surface area contributed by atoms with Gasteiger partial charge < -0.3 is 9.63 Å². The number of hydrogen-bond donors (Lipinski definition) is 1. The molecule has 0 aliphatic carbocycles. The van der Waals surface area contributed by atoms with Crippen molar-refractivity contribution in [1.29, 1.82) is 0 Å². The third-order valence-corrected chi connectivity index (χ3v) is 5.09. The second-order valence-corrected chi connectivity index (χ2v) is 7.44. The van der Waals surface area contributed by atoms with Crippen molar-refractivity contribution in [2.75, 3.05) is 26.2 Å². The standard InChI is InChI=1S/C17H30N4O2/c1-13(2)9-16-18-17(23-19-16)11-21-8-3-5-14(21)10-20-7-4-6-15(20)12-22/h13-15,22H,3-12H2,1-2H3. The Labute approximate surface area is 138 Å². The Morgan fingerprint density at radius 2 is 1.91 bits per heavy atom. The Hall–Kier alpha value is -0.980. The summed E-state index contributed by atoms with van der Waals surface area (Å²) in [5.41, 5.74) is 0. The molecule has 1 N–H and O–H groups in total. The van der Waals surface area contributed by atoms with Crippen molar-refractivity contribution in [1.82, 2.24) is 19.9 Å². The van der Waals surface area contributed by atoms with Crippen molar-refractivity contribution >= 4 is 0 Å². The van der Waals surface area contributed by atoms with E-state index in [1.54, 1.807) is 0 Å². The minimum atomic E-state index is 0.287. The van der Waals surface area contributed by atoms with Crippen LogP contribution < -0.4 is 0 Å². The van der Waals surface area contributed by atoms with Gasteiger partial charge in [-0.25, -0.2) is 0 Å². The molecule has 2 saturated heterocycles. The van der Waals surface area contributed by atoms with Crippen molar-refractivity contribution < 1.29 is 9.63 Å². The summed E-state index contributed by atoms with van der Waals surface area (Å²) in [5.74, 6) is 2.11. The van der Waals surface area contributed by atoms with Crippen molar-refractivity contribution in [2.45, 2.75) is 64.6 Å². The molecule has 2 atom stereocenters. The molecule has 6 heteroatoms. The SMILES string of the molecule is CC(C)Cc1noc(CN2CCCC2CN2CCCC2CO)n1. The fraction of sp³-hybridized carbons (Fsp3) is 0.882. The van der Waals surface area contributed by atoms with Crippen LogP contribution in [0.25, 0.3) is 0 Å². The zero-order valence-electron chi connectivity index (χ0n) is 14.4. The van der Waals surface area contributed by atoms with Gasteiger partial charge in [0.05, 0.1) is 13.2 Å². The van der Waals surface area contributed by atoms with E-state index in [1.165, 1.54) is 19.3 Å². The first kappa shape index (κ1) is 16.9. The molecule has 0 amide bonds. The van der Waals surface area contributed by atoms with E-state index >= 15 is 0 Å². The number of likely N-dealkylation sites (tertiary alicyclic amines) is 2. The summed E-state index contributed by atoms with van der Waals surface area (Å²) in [7, 11) is 0. The second-order valence-electron chi connectivity index (χ2n) is 7.44. The quantitative estimate of drug-likeness (QED) is 0.824. The molecule has 0 aromatic carbocycles. The lowest BCUT2D eigenvalue weighted by Gasteiger charge is -2.30. The average Bonchev–Trinajstić information content (AvgIpc) is 3.22. The van der Waals surface area contributed by atoms with Gasteiger partial charge in [-0.3, -0.25) is 9.80 Å². The molecular weight excluding hydrogens is 292 g/mol. The van der Waals surface area contributed by atoms with Gasteiger partial charge in [0.1, 0.15) is 0 Å². The van der Waals surface area contributed by atoms with E-state index in [9.17, 15) is 5.11 Å². The molecule has 2 aliphatic rings. The predicted octanol–water partition coefficient (Wildman–Crippen LogP) is 1.69. The van der Waals surface area contributed by atoms with E-state index in [0.717, 1.165) is 50.7 Å². The Morgan fingerprint density at radius 1 is 1.17 bits per heavy atom. The lowest BCUT2D eigenvalue weighted by molar-refractivity contribution is 0.115. The molecule has 6 nitrogen and oxygen atoms in total. The van der Waals surface area contributed by atoms with Gasteiger partial charge in [-0.2, -0.15) is 4.98 Å². The number of aliphatic hydroxyl groups is 1. The molecule has 0 bridgehead atoms. The van der Waals surface area contributed by atoms with Crippen LogP contribution in [0.5, 0.6) is 0 Å². The minimum Gasteiger partial charge on any atom is -0.395 e. The monoisotopic (exact) mass is 322 g/mol. The Morgan fingerprint density at radius 3 is 2.65 bits per heavy atom. The van der Waals surface area contributed by atoms with Crippen molar-refractivity contribution in [3.8, 4) is 0 Å². The van der Waals surface area contributed by atoms with E-state index < -0.39 is 0 Å². The first-order chi connectivity index (χ1) is 11.2. The largest absolute Gasteiger partial charge is 0.395 e. The molecule has 1 aromatic heterocycles. The average molecular weight is 322 g/mol. The number of aliphatic hydroxyl groups excluding tert-OH is 1. The van der Waals surface area contributed by atoms with E-state index in [2.05, 4.69) is 33.8 Å². The second kappa shape index (κ2) is 7.73. The van der Waals surface area contributed by atoms with Crippen LogP contribution in [0, 0.1) is 5.92 Å². The number of rotatable bonds is 7. The Kier molecular flexibility index (Phi) is 5.67. The predicted molar refractivity (Wildman–Crippen MR) is 88.0 cm³/mol. The number of nitrogens with zero attached hydrogens (tertiary/aromatic N) is 4. The summed E-state index contributed by atoms with van der Waals surface area (Å²) in [6, 6.07) is 0.904. The van der Waals surface area contributed by atoms with E-state index in [1.807, 2.05) is 0 Å². The zero-order chi connectivity index (χ0) is 16.2. The summed E-state index contributed by atoms with van der Waals surface area (Å²) in [5, 5.41) is 13.6. The summed E-state index contributed by atoms with van der Waals surface area (Å²) in [6.07, 6.45) is 5.67. The van der Waals surface area contributed by atoms with Crippen LogP contribution in [0.15, 0.2) is 4.52 Å². The van der Waals surface area contributed by atoms with Crippen LogP contribution in [0.2, 0.25) is 0 Å². The highest BCUT2D eigenvalue weighted by Crippen LogP contribution is 2.24. The van der Waals surface area contributed by atoms with Crippen molar-refractivity contribution in [3.05, 3.63) is 11.7 Å². The molecule has 0 spiro atoms. The molecule has 0 saturated carbocycles. The molecule has 1 aromatic rings. The van der Waals surface area contributed by atoms with E-state index in [0.29, 0.717) is 18.0 Å². The van der Waals surface area contributed by atoms with Crippen LogP contribution in [0.4, 0.5) is 0 Å². The van der Waals surface area contributed by atoms with Crippen LogP contribution >= 0.6 is 0 Å². The van der Waals surface area contributed by atoms with E-state index in [-0.39, 0.29) is 6.61 Å². The van der Waals surface area contributed by atoms with Crippen LogP contribution in [-0.4, -0.2) is 63.4 Å². The van der Waals surface area contributed by atoms with Gasteiger partial charge >= 0.3 is 0 Å². The maximum Gasteiger partial charge on any atom is 0.240 e. The van der Waals surface area contributed by atoms with Gasteiger partial charge in [0, 0.05) is 25.0 Å². The lowest BCUT2D eigenvalue weighted by atomic mass is 10.1. The third-order valence-electron chi connectivity index (χ3n) is 5.09. The van der Waals surface area contributed by atoms with Crippen molar-refractivity contribution in [3.63, 3.8) is 0 Å². The van der Waals surface area contributed by atoms with Crippen LogP contribution in [0.1, 0.15) is 51.2 Å². The van der Waals surface area contributed by atoms with Gasteiger partial charge in [0.25, 0.3) is 0 Å². The highest BCUT2D eigenvalue weighted by atomic mass is 16.5. The summed E-state index contributed by atoms with van der Waals surface area (Å²) in [4.78, 5) is 9.47. The summed E-state index contributed by atoms with van der Waals surface area (Å²) in [6.45, 7) is 8.65. The molecular formula is C17H30N4O2. The summed E-state index contributed by atoms with van der Waals surface area (Å²) >= 11 is 0. The van der Waals surface area contributed by atoms with E-state index in [4.69, 9.17) is 4.52 Å². The first-order valence-corrected chi connectivity index (χ1v) is 9.06. The maximum absolute atomic E-state index is 9.50. The minimum absolute atomic E-state index is 0.287. The lowest BCUT2D eigenvalue weighted by Crippen LogP contribution is -2.43. The summed E-state index contributed by atoms with van der Waals surface area (Å²) < 4.78 is 5.43. The molecule has 2 fully saturated rings. The smallest absolute Gasteiger partial charge is 0.240 e. The fourth-order valence-corrected chi connectivity index (χ4v) is 3.90. The van der Waals surface area contributed by atoms with Gasteiger partial charge in [-0.05, 0) is 44.7 Å². The third kappa shape index (κ3) is 4.31. The van der Waals surface area contributed by atoms with Crippen LogP contribution in [-0.2, 0) is 13.0 Å². The molecule has 23 heavy (non-hydrogen) atoms. The van der Waals surface area contributed by atoms with Gasteiger partial charge in [0.2, 0.25) is 5.89 Å². The fourth-order valence-electron chi connectivity index (χ4n) is 3.90.